The number of thiazole rings is 1. The molecule has 0 aliphatic heterocycles. The van der Waals surface area contributed by atoms with Gasteiger partial charge in [-0.25, -0.2) is 9.78 Å². The lowest BCUT2D eigenvalue weighted by Crippen LogP contribution is -2.51. The zero-order chi connectivity index (χ0) is 19.3. The van der Waals surface area contributed by atoms with E-state index in [0.717, 1.165) is 25.0 Å². The number of hydrogen-bond acceptors (Lipinski definition) is 6. The molecule has 0 saturated heterocycles. The molecule has 0 atom stereocenters. The van der Waals surface area contributed by atoms with Gasteiger partial charge in [0.2, 0.25) is 0 Å². The molecule has 2 aromatic heterocycles. The monoisotopic (exact) mass is 396 g/mol. The van der Waals surface area contributed by atoms with Gasteiger partial charge in [-0.3, -0.25) is 9.78 Å². The summed E-state index contributed by atoms with van der Waals surface area (Å²) in [6.07, 6.45) is 8.58. The minimum Gasteiger partial charge on any atom is -0.453 e. The smallest absolute Gasteiger partial charge is 0.350 e. The Morgan fingerprint density at radius 1 is 1.14 bits per heavy atom. The molecule has 0 spiro atoms. The van der Waals surface area contributed by atoms with Gasteiger partial charge in [0.15, 0.2) is 12.4 Å². The highest BCUT2D eigenvalue weighted by atomic mass is 32.1. The number of rotatable bonds is 5. The van der Waals surface area contributed by atoms with Crippen molar-refractivity contribution in [2.24, 2.45) is 23.2 Å². The average molecular weight is 397 g/mol. The van der Waals surface area contributed by atoms with Crippen molar-refractivity contribution in [1.29, 1.82) is 0 Å². The molecule has 6 rings (SSSR count). The topological polar surface area (TPSA) is 69.2 Å². The molecule has 4 aliphatic rings. The highest BCUT2D eigenvalue weighted by Crippen LogP contribution is 2.60. The van der Waals surface area contributed by atoms with Crippen LogP contribution in [0.3, 0.4) is 0 Å². The van der Waals surface area contributed by atoms with E-state index in [1.807, 2.05) is 18.2 Å². The molecule has 6 heteroatoms. The Balaban J connectivity index is 1.27. The van der Waals surface area contributed by atoms with Crippen LogP contribution in [0.1, 0.15) is 53.9 Å². The lowest BCUT2D eigenvalue weighted by molar-refractivity contribution is -0.147. The number of Topliss-reactive ketones (excluding diaryl/α,β-unsaturated/α-hetero) is 1. The number of esters is 1. The molecule has 0 amide bonds. The first-order chi connectivity index (χ1) is 13.5. The van der Waals surface area contributed by atoms with Crippen LogP contribution in [0.4, 0.5) is 0 Å². The second-order valence-corrected chi connectivity index (χ2v) is 9.84. The number of carbonyl (C=O) groups is 2. The van der Waals surface area contributed by atoms with Crippen molar-refractivity contribution in [1.82, 2.24) is 9.97 Å². The van der Waals surface area contributed by atoms with Crippen molar-refractivity contribution in [2.45, 2.75) is 45.4 Å². The third kappa shape index (κ3) is 3.08. The lowest BCUT2D eigenvalue weighted by atomic mass is 9.48. The van der Waals surface area contributed by atoms with Crippen LogP contribution in [0.2, 0.25) is 0 Å². The zero-order valence-electron chi connectivity index (χ0n) is 16.0. The molecule has 0 radical (unpaired) electrons. The number of pyridine rings is 1. The van der Waals surface area contributed by atoms with E-state index >= 15 is 0 Å². The number of hydrogen-bond donors (Lipinski definition) is 0. The minimum atomic E-state index is -0.449. The SMILES string of the molecule is Cc1nc(-c2ccccn2)sc1C(=O)OCC(=O)C12CC3CC(CC(C3)C1)C2. The molecule has 4 saturated carbocycles. The van der Waals surface area contributed by atoms with Gasteiger partial charge < -0.3 is 4.74 Å². The van der Waals surface area contributed by atoms with Gasteiger partial charge >= 0.3 is 5.97 Å². The van der Waals surface area contributed by atoms with Gasteiger partial charge in [-0.1, -0.05) is 6.07 Å². The minimum absolute atomic E-state index is 0.110. The molecule has 28 heavy (non-hydrogen) atoms. The maximum Gasteiger partial charge on any atom is 0.350 e. The Morgan fingerprint density at radius 2 is 1.82 bits per heavy atom. The van der Waals surface area contributed by atoms with E-state index in [1.165, 1.54) is 30.6 Å². The summed E-state index contributed by atoms with van der Waals surface area (Å²) in [5, 5.41) is 0.692. The van der Waals surface area contributed by atoms with E-state index < -0.39 is 5.97 Å². The largest absolute Gasteiger partial charge is 0.453 e. The van der Waals surface area contributed by atoms with E-state index in [-0.39, 0.29) is 17.8 Å². The van der Waals surface area contributed by atoms with Gasteiger partial charge in [0.05, 0.1) is 11.4 Å². The first-order valence-corrected chi connectivity index (χ1v) is 10.9. The fourth-order valence-electron chi connectivity index (χ4n) is 5.99. The fraction of sp³-hybridized carbons (Fsp3) is 0.545. The highest BCUT2D eigenvalue weighted by Gasteiger charge is 2.54. The molecule has 4 aliphatic carbocycles. The van der Waals surface area contributed by atoms with Crippen LogP contribution >= 0.6 is 11.3 Å². The number of ketones is 1. The van der Waals surface area contributed by atoms with Crippen LogP contribution in [0, 0.1) is 30.1 Å². The van der Waals surface area contributed by atoms with Crippen molar-refractivity contribution in [2.75, 3.05) is 6.61 Å². The second kappa shape index (κ2) is 6.76. The normalized spacial score (nSPS) is 30.4. The van der Waals surface area contributed by atoms with E-state index in [4.69, 9.17) is 4.74 Å². The summed E-state index contributed by atoms with van der Waals surface area (Å²) in [6.45, 7) is 1.68. The number of aromatic nitrogens is 2. The van der Waals surface area contributed by atoms with E-state index in [2.05, 4.69) is 9.97 Å². The molecule has 4 fully saturated rings. The predicted molar refractivity (Wildman–Crippen MR) is 106 cm³/mol. The second-order valence-electron chi connectivity index (χ2n) is 8.85. The Kier molecular flexibility index (Phi) is 4.34. The Hall–Kier alpha value is -2.08. The molecule has 2 heterocycles. The van der Waals surface area contributed by atoms with Crippen LogP contribution in [-0.2, 0) is 9.53 Å². The molecule has 0 unspecified atom stereocenters. The third-order valence-corrected chi connectivity index (χ3v) is 7.99. The summed E-state index contributed by atoms with van der Waals surface area (Å²) < 4.78 is 5.47. The van der Waals surface area contributed by atoms with Crippen LogP contribution < -0.4 is 0 Å². The van der Waals surface area contributed by atoms with Crippen LogP contribution in [0.25, 0.3) is 10.7 Å². The van der Waals surface area contributed by atoms with Crippen molar-refractivity contribution in [3.05, 3.63) is 35.0 Å². The van der Waals surface area contributed by atoms with Gasteiger partial charge in [-0.05, 0) is 75.3 Å². The fourth-order valence-corrected chi connectivity index (χ4v) is 6.92. The summed E-state index contributed by atoms with van der Waals surface area (Å²) in [7, 11) is 0. The van der Waals surface area contributed by atoms with Crippen LogP contribution in [-0.4, -0.2) is 28.3 Å². The summed E-state index contributed by atoms with van der Waals surface area (Å²) in [5.41, 5.74) is 1.13. The molecular weight excluding hydrogens is 372 g/mol. The van der Waals surface area contributed by atoms with E-state index in [1.54, 1.807) is 13.1 Å². The maximum atomic E-state index is 13.0. The average Bonchev–Trinajstić information content (AvgIpc) is 3.07. The van der Waals surface area contributed by atoms with Gasteiger partial charge in [0.1, 0.15) is 9.88 Å². The highest BCUT2D eigenvalue weighted by molar-refractivity contribution is 7.17. The van der Waals surface area contributed by atoms with Crippen molar-refractivity contribution in [3.8, 4) is 10.7 Å². The van der Waals surface area contributed by atoms with Crippen LogP contribution in [0.15, 0.2) is 24.4 Å². The van der Waals surface area contributed by atoms with Crippen molar-refractivity contribution < 1.29 is 14.3 Å². The maximum absolute atomic E-state index is 13.0. The lowest BCUT2D eigenvalue weighted by Gasteiger charge is -2.55. The Morgan fingerprint density at radius 3 is 2.43 bits per heavy atom. The zero-order valence-corrected chi connectivity index (χ0v) is 16.8. The van der Waals surface area contributed by atoms with E-state index in [9.17, 15) is 9.59 Å². The van der Waals surface area contributed by atoms with Gasteiger partial charge in [-0.2, -0.15) is 0 Å². The Bertz CT molecular complexity index is 886. The number of ether oxygens (including phenoxy) is 1. The molecule has 0 aromatic carbocycles. The predicted octanol–water partition coefficient (Wildman–Crippen LogP) is 4.46. The molecule has 2 aromatic rings. The first kappa shape index (κ1) is 18.0. The molecule has 4 bridgehead atoms. The quantitative estimate of drug-likeness (QED) is 0.698. The molecule has 5 nitrogen and oxygen atoms in total. The number of aryl methyl sites for hydroxylation is 1. The standard InChI is InChI=1S/C22H24N2O3S/c1-13-19(28-20(24-13)17-4-2-3-5-23-17)21(26)27-12-18(25)22-9-14-6-15(10-22)8-16(7-14)11-22/h2-5,14-16H,6-12H2,1H3. The van der Waals surface area contributed by atoms with Crippen molar-refractivity contribution >= 4 is 23.1 Å². The number of carbonyl (C=O) groups excluding carboxylic acids is 2. The summed E-state index contributed by atoms with van der Waals surface area (Å²) in [5.74, 6) is 1.80. The van der Waals surface area contributed by atoms with E-state index in [0.29, 0.717) is 33.3 Å². The van der Waals surface area contributed by atoms with Gasteiger partial charge in [-0.15, -0.1) is 11.3 Å². The summed E-state index contributed by atoms with van der Waals surface area (Å²) in [4.78, 5) is 34.9. The first-order valence-electron chi connectivity index (χ1n) is 10.1. The van der Waals surface area contributed by atoms with Crippen molar-refractivity contribution in [3.63, 3.8) is 0 Å². The summed E-state index contributed by atoms with van der Waals surface area (Å²) >= 11 is 1.27. The van der Waals surface area contributed by atoms with Crippen LogP contribution in [0.5, 0.6) is 0 Å². The van der Waals surface area contributed by atoms with Gasteiger partial charge in [0, 0.05) is 11.6 Å². The molecule has 0 N–H and O–H groups in total. The third-order valence-electron chi connectivity index (χ3n) is 6.83. The molecule has 146 valence electrons. The number of nitrogens with zero attached hydrogens (tertiary/aromatic N) is 2. The van der Waals surface area contributed by atoms with Gasteiger partial charge in [0.25, 0.3) is 0 Å². The Labute approximate surface area is 168 Å². The summed E-state index contributed by atoms with van der Waals surface area (Å²) in [6, 6.07) is 5.60. The molecular formula is C22H24N2O3S.